The number of carbonyl (C=O) groups is 2. The molecule has 0 unspecified atom stereocenters. The average molecular weight is 378 g/mol. The third-order valence-corrected chi connectivity index (χ3v) is 4.38. The van der Waals surface area contributed by atoms with Gasteiger partial charge in [-0.25, -0.2) is 9.78 Å². The van der Waals surface area contributed by atoms with E-state index in [2.05, 4.69) is 15.6 Å². The number of fused-ring (bicyclic) bond motifs is 1. The lowest BCUT2D eigenvalue weighted by Crippen LogP contribution is -2.28. The van der Waals surface area contributed by atoms with Gasteiger partial charge in [0.1, 0.15) is 5.82 Å². The smallest absolute Gasteiger partial charge is 0.320 e. The largest absolute Gasteiger partial charge is 0.481 e. The zero-order valence-electron chi connectivity index (χ0n) is 15.5. The van der Waals surface area contributed by atoms with Crippen molar-refractivity contribution in [2.75, 3.05) is 11.9 Å². The van der Waals surface area contributed by atoms with E-state index in [4.69, 9.17) is 10.8 Å². The van der Waals surface area contributed by atoms with Gasteiger partial charge < -0.3 is 16.2 Å². The standard InChI is InChI=1S/C21H22N4O3/c1-2-23-21(28)25-19-10-17-16(7-6-15(11-22)18(17)12-24-19)14-5-3-4-13(8-14)9-20(26)27/h3-8,10,12H,2,9,11,22H2,1H3,(H,26,27)(H2,23,24,25,28). The van der Waals surface area contributed by atoms with Gasteiger partial charge in [-0.05, 0) is 40.6 Å². The Kier molecular flexibility index (Phi) is 5.86. The Labute approximate surface area is 162 Å². The Morgan fingerprint density at radius 1 is 1.14 bits per heavy atom. The molecule has 1 heterocycles. The number of carbonyl (C=O) groups excluding carboxylic acids is 1. The fourth-order valence-electron chi connectivity index (χ4n) is 3.14. The van der Waals surface area contributed by atoms with Crippen LogP contribution in [0.4, 0.5) is 10.6 Å². The number of nitrogens with one attached hydrogen (secondary N) is 2. The number of aromatic nitrogens is 1. The predicted molar refractivity (Wildman–Crippen MR) is 109 cm³/mol. The average Bonchev–Trinajstić information content (AvgIpc) is 2.67. The van der Waals surface area contributed by atoms with Gasteiger partial charge in [-0.2, -0.15) is 0 Å². The number of carboxylic acid groups (broad SMARTS) is 1. The van der Waals surface area contributed by atoms with Crippen LogP contribution in [0.5, 0.6) is 0 Å². The topological polar surface area (TPSA) is 117 Å². The fraction of sp³-hybridized carbons (Fsp3) is 0.190. The van der Waals surface area contributed by atoms with Crippen LogP contribution in [0.1, 0.15) is 18.1 Å². The zero-order valence-corrected chi connectivity index (χ0v) is 15.5. The van der Waals surface area contributed by atoms with E-state index in [0.717, 1.165) is 33.0 Å². The monoisotopic (exact) mass is 378 g/mol. The van der Waals surface area contributed by atoms with Gasteiger partial charge in [0.05, 0.1) is 6.42 Å². The number of nitrogens with zero attached hydrogens (tertiary/aromatic N) is 1. The molecule has 0 fully saturated rings. The van der Waals surface area contributed by atoms with Crippen LogP contribution < -0.4 is 16.4 Å². The van der Waals surface area contributed by atoms with Gasteiger partial charge in [-0.3, -0.25) is 10.1 Å². The van der Waals surface area contributed by atoms with E-state index in [1.165, 1.54) is 0 Å². The molecule has 0 aliphatic heterocycles. The van der Waals surface area contributed by atoms with Crippen LogP contribution in [-0.4, -0.2) is 28.6 Å². The summed E-state index contributed by atoms with van der Waals surface area (Å²) in [5.74, 6) is -0.450. The van der Waals surface area contributed by atoms with Gasteiger partial charge in [0.2, 0.25) is 0 Å². The third kappa shape index (κ3) is 4.27. The molecule has 0 spiro atoms. The molecule has 0 aliphatic rings. The Balaban J connectivity index is 2.11. The van der Waals surface area contributed by atoms with Crippen molar-refractivity contribution in [1.82, 2.24) is 10.3 Å². The second-order valence-electron chi connectivity index (χ2n) is 6.35. The highest BCUT2D eigenvalue weighted by atomic mass is 16.4. The van der Waals surface area contributed by atoms with Crippen molar-refractivity contribution in [2.24, 2.45) is 5.73 Å². The number of urea groups is 1. The molecule has 5 N–H and O–H groups in total. The molecule has 7 nitrogen and oxygen atoms in total. The molecule has 28 heavy (non-hydrogen) atoms. The number of anilines is 1. The lowest BCUT2D eigenvalue weighted by atomic mass is 9.94. The molecular weight excluding hydrogens is 356 g/mol. The molecule has 3 rings (SSSR count). The summed E-state index contributed by atoms with van der Waals surface area (Å²) in [6.45, 7) is 2.71. The summed E-state index contributed by atoms with van der Waals surface area (Å²) in [5, 5.41) is 16.2. The van der Waals surface area contributed by atoms with E-state index in [-0.39, 0.29) is 12.5 Å². The van der Waals surface area contributed by atoms with E-state index in [1.54, 1.807) is 12.3 Å². The number of hydrogen-bond acceptors (Lipinski definition) is 4. The van der Waals surface area contributed by atoms with E-state index < -0.39 is 5.97 Å². The van der Waals surface area contributed by atoms with E-state index in [9.17, 15) is 9.59 Å². The first-order valence-electron chi connectivity index (χ1n) is 8.99. The SMILES string of the molecule is CCNC(=O)Nc1cc2c(-c3cccc(CC(=O)O)c3)ccc(CN)c2cn1. The number of aliphatic carboxylic acids is 1. The second kappa shape index (κ2) is 8.49. The maximum absolute atomic E-state index is 11.8. The van der Waals surface area contributed by atoms with Crippen molar-refractivity contribution in [1.29, 1.82) is 0 Å². The van der Waals surface area contributed by atoms with Gasteiger partial charge in [0.25, 0.3) is 0 Å². The summed E-state index contributed by atoms with van der Waals surface area (Å²) in [7, 11) is 0. The third-order valence-electron chi connectivity index (χ3n) is 4.38. The summed E-state index contributed by atoms with van der Waals surface area (Å²) < 4.78 is 0. The minimum Gasteiger partial charge on any atom is -0.481 e. The second-order valence-corrected chi connectivity index (χ2v) is 6.35. The number of benzene rings is 2. The molecule has 0 radical (unpaired) electrons. The number of pyridine rings is 1. The minimum atomic E-state index is -0.877. The van der Waals surface area contributed by atoms with Gasteiger partial charge in [-0.1, -0.05) is 36.4 Å². The molecule has 2 amide bonds. The van der Waals surface area contributed by atoms with Crippen LogP contribution in [0.25, 0.3) is 21.9 Å². The molecule has 7 heteroatoms. The van der Waals surface area contributed by atoms with Crippen molar-refractivity contribution in [2.45, 2.75) is 19.9 Å². The zero-order chi connectivity index (χ0) is 20.1. The Morgan fingerprint density at radius 2 is 1.96 bits per heavy atom. The van der Waals surface area contributed by atoms with Gasteiger partial charge >= 0.3 is 12.0 Å². The normalized spacial score (nSPS) is 10.6. The van der Waals surface area contributed by atoms with Crippen LogP contribution >= 0.6 is 0 Å². The summed E-state index contributed by atoms with van der Waals surface area (Å²) in [5.41, 5.74) is 9.34. The quantitative estimate of drug-likeness (QED) is 0.526. The molecule has 0 aliphatic carbocycles. The highest BCUT2D eigenvalue weighted by Gasteiger charge is 2.11. The first-order valence-corrected chi connectivity index (χ1v) is 8.99. The van der Waals surface area contributed by atoms with Crippen LogP contribution in [0, 0.1) is 0 Å². The van der Waals surface area contributed by atoms with Gasteiger partial charge in [0.15, 0.2) is 0 Å². The summed E-state index contributed by atoms with van der Waals surface area (Å²) in [6.07, 6.45) is 1.65. The maximum Gasteiger partial charge on any atom is 0.320 e. The molecule has 0 atom stereocenters. The van der Waals surface area contributed by atoms with E-state index in [1.807, 2.05) is 43.3 Å². The van der Waals surface area contributed by atoms with E-state index in [0.29, 0.717) is 18.9 Å². The number of amides is 2. The molecule has 3 aromatic rings. The predicted octanol–water partition coefficient (Wildman–Crippen LogP) is 3.13. The molecular formula is C21H22N4O3. The fourth-order valence-corrected chi connectivity index (χ4v) is 3.14. The highest BCUT2D eigenvalue weighted by molar-refractivity contribution is 6.01. The molecule has 1 aromatic heterocycles. The van der Waals surface area contributed by atoms with Crippen LogP contribution in [-0.2, 0) is 17.8 Å². The first kappa shape index (κ1) is 19.3. The van der Waals surface area contributed by atoms with Crippen LogP contribution in [0.2, 0.25) is 0 Å². The number of carboxylic acids is 1. The lowest BCUT2D eigenvalue weighted by Gasteiger charge is -2.13. The van der Waals surface area contributed by atoms with Crippen LogP contribution in [0.3, 0.4) is 0 Å². The number of rotatable bonds is 6. The summed E-state index contributed by atoms with van der Waals surface area (Å²) in [6, 6.07) is 12.8. The number of hydrogen-bond donors (Lipinski definition) is 4. The molecule has 0 saturated carbocycles. The lowest BCUT2D eigenvalue weighted by molar-refractivity contribution is -0.136. The highest BCUT2D eigenvalue weighted by Crippen LogP contribution is 2.32. The van der Waals surface area contributed by atoms with Crippen molar-refractivity contribution in [3.63, 3.8) is 0 Å². The van der Waals surface area contributed by atoms with Gasteiger partial charge in [0, 0.05) is 24.7 Å². The van der Waals surface area contributed by atoms with Crippen molar-refractivity contribution < 1.29 is 14.7 Å². The maximum atomic E-state index is 11.8. The molecule has 0 saturated heterocycles. The summed E-state index contributed by atoms with van der Waals surface area (Å²) >= 11 is 0. The molecule has 2 aromatic carbocycles. The van der Waals surface area contributed by atoms with E-state index >= 15 is 0 Å². The van der Waals surface area contributed by atoms with Crippen molar-refractivity contribution in [3.05, 3.63) is 59.8 Å². The molecule has 0 bridgehead atoms. The number of nitrogens with two attached hydrogens (primary N) is 1. The van der Waals surface area contributed by atoms with Crippen molar-refractivity contribution >= 4 is 28.6 Å². The van der Waals surface area contributed by atoms with Gasteiger partial charge in [-0.15, -0.1) is 0 Å². The Bertz CT molecular complexity index is 1030. The Morgan fingerprint density at radius 3 is 2.68 bits per heavy atom. The minimum absolute atomic E-state index is 0.0434. The Hall–Kier alpha value is -3.45. The summed E-state index contributed by atoms with van der Waals surface area (Å²) in [4.78, 5) is 27.2. The van der Waals surface area contributed by atoms with Crippen molar-refractivity contribution in [3.8, 4) is 11.1 Å². The molecule has 144 valence electrons. The first-order chi connectivity index (χ1) is 13.5. The van der Waals surface area contributed by atoms with Crippen LogP contribution in [0.15, 0.2) is 48.7 Å².